The van der Waals surface area contributed by atoms with E-state index in [-0.39, 0.29) is 17.4 Å². The smallest absolute Gasteiger partial charge is 0.325 e. The molecule has 3 rings (SSSR count). The van der Waals surface area contributed by atoms with E-state index in [4.69, 9.17) is 23.2 Å². The van der Waals surface area contributed by atoms with Gasteiger partial charge in [0.2, 0.25) is 0 Å². The summed E-state index contributed by atoms with van der Waals surface area (Å²) in [5.74, 6) is -0.911. The van der Waals surface area contributed by atoms with Crippen LogP contribution in [-0.2, 0) is 10.3 Å². The first kappa shape index (κ1) is 16.5. The Morgan fingerprint density at radius 1 is 1.25 bits per heavy atom. The molecule has 8 heteroatoms. The van der Waals surface area contributed by atoms with Crippen molar-refractivity contribution < 1.29 is 14.4 Å². The molecule has 0 radical (unpaired) electrons. The number of nitrogens with zero attached hydrogens (tertiary/aromatic N) is 1. The minimum Gasteiger partial charge on any atom is -0.359 e. The van der Waals surface area contributed by atoms with Gasteiger partial charge >= 0.3 is 6.03 Å². The Bertz CT molecular complexity index is 835. The molecule has 1 aromatic carbocycles. The van der Waals surface area contributed by atoms with Gasteiger partial charge in [-0.05, 0) is 31.2 Å². The van der Waals surface area contributed by atoms with E-state index in [1.807, 2.05) is 0 Å². The molecular weight excluding hydrogens is 353 g/mol. The van der Waals surface area contributed by atoms with Crippen molar-refractivity contribution in [3.05, 3.63) is 57.8 Å². The molecule has 1 aromatic heterocycles. The number of hydrogen-bond acceptors (Lipinski definition) is 3. The first-order valence-corrected chi connectivity index (χ1v) is 7.85. The second-order valence-electron chi connectivity index (χ2n) is 5.58. The van der Waals surface area contributed by atoms with Crippen LogP contribution in [0.1, 0.15) is 23.0 Å². The topological polar surface area (TPSA) is 82.3 Å². The predicted octanol–water partition coefficient (Wildman–Crippen LogP) is 2.97. The van der Waals surface area contributed by atoms with Crippen molar-refractivity contribution in [2.24, 2.45) is 0 Å². The first-order valence-electron chi connectivity index (χ1n) is 7.09. The number of ketones is 1. The second kappa shape index (κ2) is 5.96. The van der Waals surface area contributed by atoms with Crippen LogP contribution in [0.3, 0.4) is 0 Å². The van der Waals surface area contributed by atoms with Crippen LogP contribution >= 0.6 is 23.2 Å². The Hall–Kier alpha value is -2.31. The Morgan fingerprint density at radius 3 is 2.62 bits per heavy atom. The van der Waals surface area contributed by atoms with Gasteiger partial charge in [0.05, 0.1) is 12.2 Å². The average Bonchev–Trinajstić information content (AvgIpc) is 3.11. The first-order chi connectivity index (χ1) is 11.3. The van der Waals surface area contributed by atoms with E-state index in [1.165, 1.54) is 6.07 Å². The Labute approximate surface area is 147 Å². The fraction of sp³-hybridized carbons (Fsp3) is 0.188. The van der Waals surface area contributed by atoms with Gasteiger partial charge in [0, 0.05) is 21.8 Å². The third-order valence-electron chi connectivity index (χ3n) is 3.94. The van der Waals surface area contributed by atoms with Gasteiger partial charge in [-0.25, -0.2) is 4.79 Å². The third kappa shape index (κ3) is 2.68. The molecule has 0 bridgehead atoms. The monoisotopic (exact) mass is 365 g/mol. The Morgan fingerprint density at radius 2 is 2.00 bits per heavy atom. The zero-order valence-corrected chi connectivity index (χ0v) is 14.1. The van der Waals surface area contributed by atoms with E-state index in [9.17, 15) is 14.4 Å². The van der Waals surface area contributed by atoms with Crippen LogP contribution in [0.25, 0.3) is 0 Å². The lowest BCUT2D eigenvalue weighted by molar-refractivity contribution is -0.130. The molecule has 1 aliphatic heterocycles. The summed E-state index contributed by atoms with van der Waals surface area (Å²) in [6.45, 7) is 1.19. The molecule has 1 fully saturated rings. The molecule has 0 aliphatic carbocycles. The molecule has 3 amide bonds. The maximum atomic E-state index is 12.8. The normalized spacial score (nSPS) is 20.4. The van der Waals surface area contributed by atoms with Crippen LogP contribution in [0, 0.1) is 0 Å². The SMILES string of the molecule is CC1(c2ccc(Cl)cc2Cl)NC(=O)N(CC(=O)c2ccc[nH]2)C1=O. The molecule has 0 saturated carbocycles. The van der Waals surface area contributed by atoms with Gasteiger partial charge in [-0.1, -0.05) is 29.3 Å². The van der Waals surface area contributed by atoms with Crippen LogP contribution in [0.2, 0.25) is 10.0 Å². The largest absolute Gasteiger partial charge is 0.359 e. The van der Waals surface area contributed by atoms with E-state index in [2.05, 4.69) is 10.3 Å². The number of nitrogens with one attached hydrogen (secondary N) is 2. The van der Waals surface area contributed by atoms with Gasteiger partial charge in [-0.15, -0.1) is 0 Å². The molecular formula is C16H13Cl2N3O3. The van der Waals surface area contributed by atoms with Crippen LogP contribution in [-0.4, -0.2) is 34.2 Å². The fourth-order valence-electron chi connectivity index (χ4n) is 2.65. The number of carbonyl (C=O) groups is 3. The number of Topliss-reactive ketones (excluding diaryl/α,β-unsaturated/α-hetero) is 1. The van der Waals surface area contributed by atoms with Crippen LogP contribution in [0.5, 0.6) is 0 Å². The summed E-state index contributed by atoms with van der Waals surface area (Å²) < 4.78 is 0. The molecule has 1 aliphatic rings. The molecule has 2 heterocycles. The fourth-order valence-corrected chi connectivity index (χ4v) is 3.25. The third-order valence-corrected chi connectivity index (χ3v) is 4.49. The molecule has 24 heavy (non-hydrogen) atoms. The van der Waals surface area contributed by atoms with Gasteiger partial charge in [0.25, 0.3) is 5.91 Å². The number of aromatic nitrogens is 1. The quantitative estimate of drug-likeness (QED) is 0.645. The van der Waals surface area contributed by atoms with E-state index in [1.54, 1.807) is 37.4 Å². The van der Waals surface area contributed by atoms with E-state index in [0.29, 0.717) is 16.3 Å². The zero-order valence-electron chi connectivity index (χ0n) is 12.6. The number of benzene rings is 1. The minimum atomic E-state index is -1.35. The van der Waals surface area contributed by atoms with Crippen molar-refractivity contribution in [3.63, 3.8) is 0 Å². The molecule has 1 atom stereocenters. The van der Waals surface area contributed by atoms with E-state index >= 15 is 0 Å². The number of rotatable bonds is 4. The number of imide groups is 1. The number of halogens is 2. The number of H-pyrrole nitrogens is 1. The Balaban J connectivity index is 1.89. The van der Waals surface area contributed by atoms with Crippen molar-refractivity contribution >= 4 is 40.9 Å². The lowest BCUT2D eigenvalue weighted by atomic mass is 9.92. The molecule has 6 nitrogen and oxygen atoms in total. The summed E-state index contributed by atoms with van der Waals surface area (Å²) in [4.78, 5) is 40.8. The summed E-state index contributed by atoms with van der Waals surface area (Å²) in [5.41, 5.74) is -0.607. The summed E-state index contributed by atoms with van der Waals surface area (Å²) in [5, 5.41) is 3.28. The van der Waals surface area contributed by atoms with Gasteiger partial charge in [-0.3, -0.25) is 14.5 Å². The van der Waals surface area contributed by atoms with Crippen LogP contribution in [0.15, 0.2) is 36.5 Å². The van der Waals surface area contributed by atoms with Gasteiger partial charge in [-0.2, -0.15) is 0 Å². The molecule has 124 valence electrons. The van der Waals surface area contributed by atoms with Crippen molar-refractivity contribution in [2.45, 2.75) is 12.5 Å². The van der Waals surface area contributed by atoms with Crippen molar-refractivity contribution in [2.75, 3.05) is 6.54 Å². The summed E-state index contributed by atoms with van der Waals surface area (Å²) in [6, 6.07) is 7.26. The molecule has 1 saturated heterocycles. The second-order valence-corrected chi connectivity index (χ2v) is 6.42. The number of aromatic amines is 1. The Kier molecular flexibility index (Phi) is 4.11. The standard InChI is InChI=1S/C16H13Cl2N3O3/c1-16(10-5-4-9(17)7-11(10)18)14(23)21(15(24)20-16)8-13(22)12-3-2-6-19-12/h2-7,19H,8H2,1H3,(H,20,24). The number of urea groups is 1. The molecule has 1 unspecified atom stereocenters. The van der Waals surface area contributed by atoms with Crippen molar-refractivity contribution in [3.8, 4) is 0 Å². The number of amides is 3. The highest BCUT2D eigenvalue weighted by molar-refractivity contribution is 6.35. The summed E-state index contributed by atoms with van der Waals surface area (Å²) in [7, 11) is 0. The van der Waals surface area contributed by atoms with Gasteiger partial charge in [0.1, 0.15) is 5.54 Å². The summed E-state index contributed by atoms with van der Waals surface area (Å²) >= 11 is 12.0. The highest BCUT2D eigenvalue weighted by Crippen LogP contribution is 2.34. The highest BCUT2D eigenvalue weighted by Gasteiger charge is 2.50. The maximum Gasteiger partial charge on any atom is 0.325 e. The highest BCUT2D eigenvalue weighted by atomic mass is 35.5. The van der Waals surface area contributed by atoms with E-state index < -0.39 is 17.5 Å². The number of hydrogen-bond donors (Lipinski definition) is 2. The van der Waals surface area contributed by atoms with Crippen LogP contribution in [0.4, 0.5) is 4.79 Å². The zero-order chi connectivity index (χ0) is 17.5. The maximum absolute atomic E-state index is 12.8. The lowest BCUT2D eigenvalue weighted by Gasteiger charge is -2.23. The van der Waals surface area contributed by atoms with Gasteiger partial charge < -0.3 is 10.3 Å². The predicted molar refractivity (Wildman–Crippen MR) is 89.2 cm³/mol. The minimum absolute atomic E-state index is 0.260. The molecule has 2 aromatic rings. The van der Waals surface area contributed by atoms with E-state index in [0.717, 1.165) is 4.90 Å². The molecule has 0 spiro atoms. The van der Waals surface area contributed by atoms with Crippen LogP contribution < -0.4 is 5.32 Å². The number of carbonyl (C=O) groups excluding carboxylic acids is 3. The summed E-state index contributed by atoms with van der Waals surface area (Å²) in [6.07, 6.45) is 1.59. The van der Waals surface area contributed by atoms with Gasteiger partial charge in [0.15, 0.2) is 5.78 Å². The van der Waals surface area contributed by atoms with Crippen molar-refractivity contribution in [1.82, 2.24) is 15.2 Å². The average molecular weight is 366 g/mol. The van der Waals surface area contributed by atoms with Crippen molar-refractivity contribution in [1.29, 1.82) is 0 Å². The lowest BCUT2D eigenvalue weighted by Crippen LogP contribution is -2.41. The molecule has 2 N–H and O–H groups in total.